The number of rotatable bonds is 9. The van der Waals surface area contributed by atoms with Crippen molar-refractivity contribution in [3.8, 4) is 11.5 Å². The molecule has 0 bridgehead atoms. The standard InChI is InChI=1S/C13H22N2O4S/c1-4-8-14-20(16,17)15-9-7-11-10-12(18-2)5-6-13(11)19-3/h5-6,10,14-15H,4,7-9H2,1-3H3. The van der Waals surface area contributed by atoms with Crippen molar-refractivity contribution in [1.29, 1.82) is 0 Å². The fourth-order valence-electron chi connectivity index (χ4n) is 1.68. The van der Waals surface area contributed by atoms with Crippen molar-refractivity contribution in [3.05, 3.63) is 23.8 Å². The smallest absolute Gasteiger partial charge is 0.276 e. The van der Waals surface area contributed by atoms with E-state index in [9.17, 15) is 8.42 Å². The van der Waals surface area contributed by atoms with Crippen LogP contribution in [0.25, 0.3) is 0 Å². The highest BCUT2D eigenvalue weighted by atomic mass is 32.2. The van der Waals surface area contributed by atoms with Gasteiger partial charge < -0.3 is 9.47 Å². The van der Waals surface area contributed by atoms with Gasteiger partial charge in [-0.3, -0.25) is 0 Å². The molecule has 2 N–H and O–H groups in total. The number of nitrogens with one attached hydrogen (secondary N) is 2. The van der Waals surface area contributed by atoms with Crippen LogP contribution in [-0.4, -0.2) is 35.7 Å². The highest BCUT2D eigenvalue weighted by Gasteiger charge is 2.09. The van der Waals surface area contributed by atoms with E-state index in [0.29, 0.717) is 31.0 Å². The molecule has 0 radical (unpaired) electrons. The molecule has 1 aromatic rings. The third kappa shape index (κ3) is 5.36. The van der Waals surface area contributed by atoms with Crippen LogP contribution in [0.1, 0.15) is 18.9 Å². The molecule has 0 unspecified atom stereocenters. The Labute approximate surface area is 120 Å². The van der Waals surface area contributed by atoms with Crippen LogP contribution in [0, 0.1) is 0 Å². The van der Waals surface area contributed by atoms with Gasteiger partial charge in [-0.05, 0) is 36.6 Å². The SMILES string of the molecule is CCCNS(=O)(=O)NCCc1cc(OC)ccc1OC. The summed E-state index contributed by atoms with van der Waals surface area (Å²) in [6.07, 6.45) is 1.28. The van der Waals surface area contributed by atoms with Crippen LogP contribution in [0.15, 0.2) is 18.2 Å². The zero-order valence-corrected chi connectivity index (χ0v) is 12.9. The molecule has 0 amide bonds. The molecule has 114 valence electrons. The zero-order valence-electron chi connectivity index (χ0n) is 12.1. The summed E-state index contributed by atoms with van der Waals surface area (Å²) in [4.78, 5) is 0. The molecule has 0 spiro atoms. The summed E-state index contributed by atoms with van der Waals surface area (Å²) in [6.45, 7) is 2.63. The van der Waals surface area contributed by atoms with Gasteiger partial charge in [-0.1, -0.05) is 6.92 Å². The summed E-state index contributed by atoms with van der Waals surface area (Å²) in [5.41, 5.74) is 0.894. The Morgan fingerprint density at radius 1 is 1.10 bits per heavy atom. The largest absolute Gasteiger partial charge is 0.497 e. The van der Waals surface area contributed by atoms with E-state index in [0.717, 1.165) is 12.0 Å². The Kier molecular flexibility index (Phi) is 6.77. The Balaban J connectivity index is 2.61. The van der Waals surface area contributed by atoms with Crippen molar-refractivity contribution in [2.45, 2.75) is 19.8 Å². The van der Waals surface area contributed by atoms with Gasteiger partial charge in [0.25, 0.3) is 10.2 Å². The summed E-state index contributed by atoms with van der Waals surface area (Å²) in [5, 5.41) is 0. The number of ether oxygens (including phenoxy) is 2. The number of methoxy groups -OCH3 is 2. The van der Waals surface area contributed by atoms with Gasteiger partial charge in [0.15, 0.2) is 0 Å². The minimum atomic E-state index is -3.42. The lowest BCUT2D eigenvalue weighted by Gasteiger charge is -2.11. The van der Waals surface area contributed by atoms with Crippen molar-refractivity contribution < 1.29 is 17.9 Å². The second-order valence-corrected chi connectivity index (χ2v) is 5.80. The first kappa shape index (κ1) is 16.7. The first-order chi connectivity index (χ1) is 9.52. The monoisotopic (exact) mass is 302 g/mol. The van der Waals surface area contributed by atoms with E-state index >= 15 is 0 Å². The van der Waals surface area contributed by atoms with Crippen LogP contribution in [0.4, 0.5) is 0 Å². The minimum absolute atomic E-state index is 0.294. The van der Waals surface area contributed by atoms with E-state index in [1.807, 2.05) is 13.0 Å². The molecular formula is C13H22N2O4S. The molecule has 0 fully saturated rings. The highest BCUT2D eigenvalue weighted by molar-refractivity contribution is 7.87. The van der Waals surface area contributed by atoms with Gasteiger partial charge in [-0.25, -0.2) is 9.44 Å². The van der Waals surface area contributed by atoms with Crippen LogP contribution >= 0.6 is 0 Å². The normalized spacial score (nSPS) is 11.3. The molecule has 0 aliphatic heterocycles. The molecule has 0 aliphatic carbocycles. The molecular weight excluding hydrogens is 280 g/mol. The maximum Gasteiger partial charge on any atom is 0.276 e. The van der Waals surface area contributed by atoms with Gasteiger partial charge >= 0.3 is 0 Å². The molecule has 0 aromatic heterocycles. The lowest BCUT2D eigenvalue weighted by molar-refractivity contribution is 0.398. The fraction of sp³-hybridized carbons (Fsp3) is 0.538. The van der Waals surface area contributed by atoms with E-state index in [4.69, 9.17) is 9.47 Å². The average Bonchev–Trinajstić information content (AvgIpc) is 2.45. The Bertz CT molecular complexity index is 517. The van der Waals surface area contributed by atoms with Crippen molar-refractivity contribution in [1.82, 2.24) is 9.44 Å². The highest BCUT2D eigenvalue weighted by Crippen LogP contribution is 2.24. The molecule has 7 heteroatoms. The summed E-state index contributed by atoms with van der Waals surface area (Å²) in [6, 6.07) is 5.44. The van der Waals surface area contributed by atoms with Crippen LogP contribution in [0.2, 0.25) is 0 Å². The van der Waals surface area contributed by atoms with Crippen molar-refractivity contribution in [2.75, 3.05) is 27.3 Å². The van der Waals surface area contributed by atoms with Gasteiger partial charge in [0.05, 0.1) is 14.2 Å². The molecule has 0 heterocycles. The molecule has 6 nitrogen and oxygen atoms in total. The van der Waals surface area contributed by atoms with Gasteiger partial charge in [-0.15, -0.1) is 0 Å². The second kappa shape index (κ2) is 8.08. The van der Waals surface area contributed by atoms with Gasteiger partial charge in [0.2, 0.25) is 0 Å². The Hall–Kier alpha value is -1.31. The van der Waals surface area contributed by atoms with E-state index in [2.05, 4.69) is 9.44 Å². The second-order valence-electron chi connectivity index (χ2n) is 4.22. The lowest BCUT2D eigenvalue weighted by atomic mass is 10.1. The summed E-state index contributed by atoms with van der Waals surface area (Å²) in [5.74, 6) is 1.43. The molecule has 1 rings (SSSR count). The Morgan fingerprint density at radius 3 is 2.40 bits per heavy atom. The molecule has 0 saturated carbocycles. The molecule has 0 atom stereocenters. The fourth-order valence-corrected chi connectivity index (χ4v) is 2.63. The predicted molar refractivity (Wildman–Crippen MR) is 78.5 cm³/mol. The zero-order chi connectivity index (χ0) is 15.0. The number of benzene rings is 1. The molecule has 20 heavy (non-hydrogen) atoms. The summed E-state index contributed by atoms with van der Waals surface area (Å²) in [7, 11) is -0.253. The predicted octanol–water partition coefficient (Wildman–Crippen LogP) is 1.08. The van der Waals surface area contributed by atoms with Gasteiger partial charge in [0, 0.05) is 13.1 Å². The van der Waals surface area contributed by atoms with Crippen molar-refractivity contribution in [2.24, 2.45) is 0 Å². The molecule has 0 aliphatic rings. The third-order valence-corrected chi connectivity index (χ3v) is 3.88. The first-order valence-electron chi connectivity index (χ1n) is 6.47. The lowest BCUT2D eigenvalue weighted by Crippen LogP contribution is -2.37. The van der Waals surface area contributed by atoms with Crippen LogP contribution in [0.3, 0.4) is 0 Å². The van der Waals surface area contributed by atoms with E-state index in [1.165, 1.54) is 0 Å². The van der Waals surface area contributed by atoms with Gasteiger partial charge in [0.1, 0.15) is 11.5 Å². The summed E-state index contributed by atoms with van der Waals surface area (Å²) < 4.78 is 38.5. The van der Waals surface area contributed by atoms with Crippen LogP contribution < -0.4 is 18.9 Å². The molecule has 1 aromatic carbocycles. The van der Waals surface area contributed by atoms with Crippen LogP contribution in [-0.2, 0) is 16.6 Å². The summed E-state index contributed by atoms with van der Waals surface area (Å²) >= 11 is 0. The topological polar surface area (TPSA) is 76.7 Å². The van der Waals surface area contributed by atoms with Crippen molar-refractivity contribution >= 4 is 10.2 Å². The number of hydrogen-bond acceptors (Lipinski definition) is 4. The van der Waals surface area contributed by atoms with Crippen LogP contribution in [0.5, 0.6) is 11.5 Å². The quantitative estimate of drug-likeness (QED) is 0.715. The third-order valence-electron chi connectivity index (χ3n) is 2.72. The van der Waals surface area contributed by atoms with E-state index in [-0.39, 0.29) is 0 Å². The average molecular weight is 302 g/mol. The maximum atomic E-state index is 11.6. The Morgan fingerprint density at radius 2 is 1.80 bits per heavy atom. The number of hydrogen-bond donors (Lipinski definition) is 2. The maximum absolute atomic E-state index is 11.6. The minimum Gasteiger partial charge on any atom is -0.497 e. The molecule has 0 saturated heterocycles. The van der Waals surface area contributed by atoms with Gasteiger partial charge in [-0.2, -0.15) is 8.42 Å². The van der Waals surface area contributed by atoms with E-state index < -0.39 is 10.2 Å². The van der Waals surface area contributed by atoms with Crippen molar-refractivity contribution in [3.63, 3.8) is 0 Å². The first-order valence-corrected chi connectivity index (χ1v) is 7.96. The van der Waals surface area contributed by atoms with E-state index in [1.54, 1.807) is 26.4 Å².